The molecule has 0 radical (unpaired) electrons. The molecule has 1 atom stereocenters. The minimum Gasteiger partial charge on any atom is -0.204 e. The summed E-state index contributed by atoms with van der Waals surface area (Å²) in [6.07, 6.45) is 3.37. The lowest BCUT2D eigenvalue weighted by atomic mass is 10.00. The highest BCUT2D eigenvalue weighted by Crippen LogP contribution is 2.32. The summed E-state index contributed by atoms with van der Waals surface area (Å²) in [5.41, 5.74) is 4.22. The first-order valence-electron chi connectivity index (χ1n) is 6.36. The molecule has 2 aromatic carbocycles. The molecule has 0 bridgehead atoms. The van der Waals surface area contributed by atoms with Crippen LogP contribution in [0.1, 0.15) is 34.1 Å². The van der Waals surface area contributed by atoms with E-state index in [-0.39, 0.29) is 0 Å². The van der Waals surface area contributed by atoms with Crippen molar-refractivity contribution >= 4 is 11.6 Å². The second kappa shape index (κ2) is 4.93. The van der Waals surface area contributed by atoms with Gasteiger partial charge in [0.05, 0.1) is 5.38 Å². The first-order chi connectivity index (χ1) is 9.15. The number of halogens is 3. The summed E-state index contributed by atoms with van der Waals surface area (Å²) in [7, 11) is 0. The van der Waals surface area contributed by atoms with Gasteiger partial charge in [-0.15, -0.1) is 11.6 Å². The van der Waals surface area contributed by atoms with E-state index in [2.05, 4.69) is 12.1 Å². The van der Waals surface area contributed by atoms with E-state index in [0.29, 0.717) is 5.56 Å². The molecule has 0 aliphatic heterocycles. The van der Waals surface area contributed by atoms with Gasteiger partial charge in [-0.3, -0.25) is 0 Å². The van der Waals surface area contributed by atoms with Crippen molar-refractivity contribution in [2.24, 2.45) is 0 Å². The second-order valence-corrected chi connectivity index (χ2v) is 5.35. The van der Waals surface area contributed by atoms with Crippen molar-refractivity contribution in [1.82, 2.24) is 0 Å². The molecular formula is C16H13ClF2. The van der Waals surface area contributed by atoms with E-state index in [9.17, 15) is 8.78 Å². The quantitative estimate of drug-likeness (QED) is 0.694. The van der Waals surface area contributed by atoms with E-state index in [4.69, 9.17) is 11.6 Å². The van der Waals surface area contributed by atoms with Crippen LogP contribution in [0, 0.1) is 11.6 Å². The number of hydrogen-bond acceptors (Lipinski definition) is 0. The Morgan fingerprint density at radius 1 is 0.842 bits per heavy atom. The van der Waals surface area contributed by atoms with E-state index < -0.39 is 17.0 Å². The number of benzene rings is 2. The molecule has 0 nitrogen and oxygen atoms in total. The van der Waals surface area contributed by atoms with Crippen LogP contribution in [0.2, 0.25) is 0 Å². The van der Waals surface area contributed by atoms with E-state index in [1.807, 2.05) is 6.07 Å². The maximum absolute atomic E-state index is 13.2. The minimum absolute atomic E-state index is 0.444. The molecule has 1 aliphatic rings. The third kappa shape index (κ3) is 2.37. The van der Waals surface area contributed by atoms with Gasteiger partial charge in [-0.1, -0.05) is 24.3 Å². The number of aryl methyl sites for hydroxylation is 2. The first-order valence-corrected chi connectivity index (χ1v) is 6.79. The van der Waals surface area contributed by atoms with Crippen LogP contribution in [-0.2, 0) is 12.8 Å². The number of alkyl halides is 1. The molecule has 3 heteroatoms. The van der Waals surface area contributed by atoms with E-state index in [1.54, 1.807) is 0 Å². The standard InChI is InChI=1S/C16H13ClF2/c17-16(13-6-7-14(18)15(19)9-13)12-5-4-10-2-1-3-11(10)8-12/h4-9,16H,1-3H2. The van der Waals surface area contributed by atoms with Crippen molar-refractivity contribution in [3.8, 4) is 0 Å². The van der Waals surface area contributed by atoms with Crippen LogP contribution in [0.4, 0.5) is 8.78 Å². The molecule has 98 valence electrons. The highest BCUT2D eigenvalue weighted by Gasteiger charge is 2.17. The molecule has 3 rings (SSSR count). The Bertz CT molecular complexity index is 622. The fourth-order valence-electron chi connectivity index (χ4n) is 2.61. The van der Waals surface area contributed by atoms with Gasteiger partial charge in [0.15, 0.2) is 11.6 Å². The van der Waals surface area contributed by atoms with Crippen molar-refractivity contribution in [1.29, 1.82) is 0 Å². The molecule has 0 fully saturated rings. The predicted octanol–water partition coefficient (Wildman–Crippen LogP) is 4.78. The van der Waals surface area contributed by atoms with Crippen molar-refractivity contribution in [3.05, 3.63) is 70.3 Å². The van der Waals surface area contributed by atoms with E-state index in [0.717, 1.165) is 24.5 Å². The Morgan fingerprint density at radius 2 is 1.53 bits per heavy atom. The van der Waals surface area contributed by atoms with Crippen LogP contribution in [0.5, 0.6) is 0 Å². The van der Waals surface area contributed by atoms with Gasteiger partial charge in [-0.25, -0.2) is 8.78 Å². The van der Waals surface area contributed by atoms with Crippen molar-refractivity contribution in [3.63, 3.8) is 0 Å². The summed E-state index contributed by atoms with van der Waals surface area (Å²) in [5, 5.41) is -0.444. The van der Waals surface area contributed by atoms with Crippen molar-refractivity contribution in [2.75, 3.05) is 0 Å². The predicted molar refractivity (Wildman–Crippen MR) is 72.5 cm³/mol. The van der Waals surface area contributed by atoms with E-state index in [1.165, 1.54) is 29.7 Å². The number of hydrogen-bond donors (Lipinski definition) is 0. The summed E-state index contributed by atoms with van der Waals surface area (Å²) in [4.78, 5) is 0. The topological polar surface area (TPSA) is 0 Å². The smallest absolute Gasteiger partial charge is 0.159 e. The third-order valence-corrected chi connectivity index (χ3v) is 4.16. The molecular weight excluding hydrogens is 266 g/mol. The highest BCUT2D eigenvalue weighted by molar-refractivity contribution is 6.22. The Labute approximate surface area is 116 Å². The Hall–Kier alpha value is -1.41. The van der Waals surface area contributed by atoms with E-state index >= 15 is 0 Å². The van der Waals surface area contributed by atoms with Crippen LogP contribution in [0.3, 0.4) is 0 Å². The average Bonchev–Trinajstić information content (AvgIpc) is 2.88. The zero-order chi connectivity index (χ0) is 13.4. The largest absolute Gasteiger partial charge is 0.204 e. The SMILES string of the molecule is Fc1ccc(C(Cl)c2ccc3c(c2)CCC3)cc1F. The molecule has 0 N–H and O–H groups in total. The van der Waals surface area contributed by atoms with Gasteiger partial charge in [-0.2, -0.15) is 0 Å². The van der Waals surface area contributed by atoms with Crippen LogP contribution < -0.4 is 0 Å². The second-order valence-electron chi connectivity index (χ2n) is 4.92. The first kappa shape index (κ1) is 12.6. The van der Waals surface area contributed by atoms with Crippen LogP contribution >= 0.6 is 11.6 Å². The number of fused-ring (bicyclic) bond motifs is 1. The van der Waals surface area contributed by atoms with Gasteiger partial charge in [0.25, 0.3) is 0 Å². The van der Waals surface area contributed by atoms with Crippen molar-refractivity contribution in [2.45, 2.75) is 24.6 Å². The molecule has 19 heavy (non-hydrogen) atoms. The number of rotatable bonds is 2. The lowest BCUT2D eigenvalue weighted by Gasteiger charge is -2.12. The van der Waals surface area contributed by atoms with Gasteiger partial charge in [0.1, 0.15) is 0 Å². The molecule has 0 saturated heterocycles. The molecule has 0 heterocycles. The summed E-state index contributed by atoms with van der Waals surface area (Å²) in [6, 6.07) is 9.97. The van der Waals surface area contributed by atoms with Gasteiger partial charge in [-0.05, 0) is 53.6 Å². The lowest BCUT2D eigenvalue weighted by molar-refractivity contribution is 0.507. The Balaban J connectivity index is 1.94. The summed E-state index contributed by atoms with van der Waals surface area (Å²) in [6.45, 7) is 0. The Morgan fingerprint density at radius 3 is 2.32 bits per heavy atom. The van der Waals surface area contributed by atoms with Gasteiger partial charge in [0, 0.05) is 0 Å². The molecule has 1 aliphatic carbocycles. The average molecular weight is 279 g/mol. The third-order valence-electron chi connectivity index (χ3n) is 3.65. The Kier molecular flexibility index (Phi) is 3.28. The maximum Gasteiger partial charge on any atom is 0.159 e. The van der Waals surface area contributed by atoms with Crippen LogP contribution in [0.15, 0.2) is 36.4 Å². The van der Waals surface area contributed by atoms with Crippen LogP contribution in [-0.4, -0.2) is 0 Å². The summed E-state index contributed by atoms with van der Waals surface area (Å²) >= 11 is 6.37. The summed E-state index contributed by atoms with van der Waals surface area (Å²) in [5.74, 6) is -1.70. The highest BCUT2D eigenvalue weighted by atomic mass is 35.5. The molecule has 1 unspecified atom stereocenters. The summed E-state index contributed by atoms with van der Waals surface area (Å²) < 4.78 is 26.2. The normalized spacial score (nSPS) is 15.3. The molecule has 0 aromatic heterocycles. The lowest BCUT2D eigenvalue weighted by Crippen LogP contribution is -1.97. The monoisotopic (exact) mass is 278 g/mol. The molecule has 2 aromatic rings. The zero-order valence-electron chi connectivity index (χ0n) is 10.3. The minimum atomic E-state index is -0.857. The zero-order valence-corrected chi connectivity index (χ0v) is 11.1. The fourth-order valence-corrected chi connectivity index (χ4v) is 2.88. The fraction of sp³-hybridized carbons (Fsp3) is 0.250. The molecule has 0 spiro atoms. The van der Waals surface area contributed by atoms with Gasteiger partial charge >= 0.3 is 0 Å². The molecule has 0 amide bonds. The maximum atomic E-state index is 13.2. The van der Waals surface area contributed by atoms with Crippen LogP contribution in [0.25, 0.3) is 0 Å². The van der Waals surface area contributed by atoms with Gasteiger partial charge < -0.3 is 0 Å². The van der Waals surface area contributed by atoms with Crippen molar-refractivity contribution < 1.29 is 8.78 Å². The molecule has 0 saturated carbocycles. The van der Waals surface area contributed by atoms with Gasteiger partial charge in [0.2, 0.25) is 0 Å².